The fourth-order valence-corrected chi connectivity index (χ4v) is 1.30. The quantitative estimate of drug-likeness (QED) is 0.834. The third kappa shape index (κ3) is 2.50. The van der Waals surface area contributed by atoms with Crippen molar-refractivity contribution in [2.24, 2.45) is 5.73 Å². The van der Waals surface area contributed by atoms with E-state index in [9.17, 15) is 4.79 Å². The summed E-state index contributed by atoms with van der Waals surface area (Å²) in [5.41, 5.74) is 7.54. The predicted molar refractivity (Wildman–Crippen MR) is 62.4 cm³/mol. The van der Waals surface area contributed by atoms with Crippen LogP contribution < -0.4 is 11.5 Å². The predicted octanol–water partition coefficient (Wildman–Crippen LogP) is 1.47. The monoisotopic (exact) mass is 241 g/mol. The molecule has 0 radical (unpaired) electrons. The zero-order valence-corrected chi connectivity index (χ0v) is 9.45. The summed E-state index contributed by atoms with van der Waals surface area (Å²) < 4.78 is 4.41. The van der Waals surface area contributed by atoms with Gasteiger partial charge in [0.15, 0.2) is 5.82 Å². The van der Waals surface area contributed by atoms with E-state index in [0.29, 0.717) is 5.82 Å². The molecule has 6 heteroatoms. The third-order valence-corrected chi connectivity index (χ3v) is 2.15. The van der Waals surface area contributed by atoms with E-state index in [1.165, 1.54) is 0 Å². The first-order chi connectivity index (χ1) is 7.16. The molecule has 0 spiro atoms. The molecule has 1 atom stereocenters. The fourth-order valence-electron chi connectivity index (χ4n) is 1.30. The summed E-state index contributed by atoms with van der Waals surface area (Å²) in [6.45, 7) is 1.91. The van der Waals surface area contributed by atoms with Gasteiger partial charge in [0.25, 0.3) is 0 Å². The minimum absolute atomic E-state index is 0. The van der Waals surface area contributed by atoms with Crippen molar-refractivity contribution in [2.75, 3.05) is 0 Å². The van der Waals surface area contributed by atoms with Gasteiger partial charge in [-0.05, 0) is 12.5 Å². The molecule has 0 bridgehead atoms. The van der Waals surface area contributed by atoms with Gasteiger partial charge in [-0.2, -0.15) is 0 Å². The number of nitrogens with two attached hydrogens (primary N) is 1. The largest absolute Gasteiger partial charge is 0.439 e. The number of rotatable bonds is 2. The van der Waals surface area contributed by atoms with Crippen LogP contribution >= 0.6 is 12.4 Å². The second-order valence-electron chi connectivity index (χ2n) is 3.35. The molecule has 3 N–H and O–H groups in total. The standard InChI is InChI=1S/C10H11N3O2.ClH/c1-6(11)7-2-4-8(5-3-7)9-12-10(14)15-13-9;/h2-6H,11H2,1H3,(H,12,13,14);1H/t6-;/m0./s1. The summed E-state index contributed by atoms with van der Waals surface area (Å²) >= 11 is 0. The number of nitrogens with one attached hydrogen (secondary N) is 1. The third-order valence-electron chi connectivity index (χ3n) is 2.15. The van der Waals surface area contributed by atoms with Crippen molar-refractivity contribution in [3.05, 3.63) is 40.4 Å². The van der Waals surface area contributed by atoms with Gasteiger partial charge in [0.05, 0.1) is 0 Å². The van der Waals surface area contributed by atoms with Crippen molar-refractivity contribution in [2.45, 2.75) is 13.0 Å². The molecule has 0 aliphatic heterocycles. The van der Waals surface area contributed by atoms with Crippen LogP contribution in [0.1, 0.15) is 18.5 Å². The van der Waals surface area contributed by atoms with Gasteiger partial charge in [0, 0.05) is 11.6 Å². The Hall–Kier alpha value is -1.59. The average Bonchev–Trinajstić information content (AvgIpc) is 2.65. The molecule has 0 saturated carbocycles. The molecule has 1 heterocycles. The van der Waals surface area contributed by atoms with Crippen LogP contribution in [0.5, 0.6) is 0 Å². The molecule has 1 aromatic heterocycles. The van der Waals surface area contributed by atoms with E-state index in [4.69, 9.17) is 5.73 Å². The minimum Gasteiger partial charge on any atom is -0.324 e. The molecule has 5 nitrogen and oxygen atoms in total. The first-order valence-electron chi connectivity index (χ1n) is 4.59. The topological polar surface area (TPSA) is 84.9 Å². The molecule has 0 aliphatic rings. The lowest BCUT2D eigenvalue weighted by molar-refractivity contribution is 0.388. The summed E-state index contributed by atoms with van der Waals surface area (Å²) in [5, 5.41) is 3.59. The van der Waals surface area contributed by atoms with Crippen LogP contribution in [0, 0.1) is 0 Å². The van der Waals surface area contributed by atoms with E-state index < -0.39 is 5.76 Å². The lowest BCUT2D eigenvalue weighted by Crippen LogP contribution is -2.04. The van der Waals surface area contributed by atoms with Crippen LogP contribution in [-0.4, -0.2) is 10.1 Å². The number of hydrogen-bond donors (Lipinski definition) is 2. The van der Waals surface area contributed by atoms with E-state index in [0.717, 1.165) is 11.1 Å². The van der Waals surface area contributed by atoms with Crippen LogP contribution in [0.2, 0.25) is 0 Å². The van der Waals surface area contributed by atoms with Crippen LogP contribution in [0.4, 0.5) is 0 Å². The molecular weight excluding hydrogens is 230 g/mol. The Morgan fingerprint density at radius 2 is 2.00 bits per heavy atom. The highest BCUT2D eigenvalue weighted by Crippen LogP contribution is 2.16. The molecule has 1 aromatic carbocycles. The highest BCUT2D eigenvalue weighted by Gasteiger charge is 2.04. The first kappa shape index (κ1) is 12.5. The second kappa shape index (κ2) is 4.96. The maximum Gasteiger partial charge on any atom is 0.439 e. The Morgan fingerprint density at radius 3 is 2.44 bits per heavy atom. The number of halogens is 1. The maximum absolute atomic E-state index is 10.7. The summed E-state index contributed by atoms with van der Waals surface area (Å²) in [5.74, 6) is -0.127. The van der Waals surface area contributed by atoms with E-state index >= 15 is 0 Å². The Labute approximate surface area is 98.1 Å². The number of benzene rings is 1. The van der Waals surface area contributed by atoms with Crippen molar-refractivity contribution in [1.29, 1.82) is 0 Å². The van der Waals surface area contributed by atoms with Gasteiger partial charge < -0.3 is 5.73 Å². The van der Waals surface area contributed by atoms with Crippen molar-refractivity contribution in [3.63, 3.8) is 0 Å². The van der Waals surface area contributed by atoms with Crippen molar-refractivity contribution >= 4 is 12.4 Å². The highest BCUT2D eigenvalue weighted by molar-refractivity contribution is 5.85. The van der Waals surface area contributed by atoms with Gasteiger partial charge in [0.2, 0.25) is 0 Å². The van der Waals surface area contributed by atoms with Gasteiger partial charge in [0.1, 0.15) is 0 Å². The lowest BCUT2D eigenvalue weighted by Gasteiger charge is -2.04. The van der Waals surface area contributed by atoms with Gasteiger partial charge >= 0.3 is 5.76 Å². The summed E-state index contributed by atoms with van der Waals surface area (Å²) in [6.07, 6.45) is 0. The maximum atomic E-state index is 10.7. The molecule has 2 rings (SSSR count). The second-order valence-corrected chi connectivity index (χ2v) is 3.35. The zero-order chi connectivity index (χ0) is 10.8. The van der Waals surface area contributed by atoms with Crippen molar-refractivity contribution < 1.29 is 4.52 Å². The lowest BCUT2D eigenvalue weighted by atomic mass is 10.1. The number of nitrogens with zero attached hydrogens (tertiary/aromatic N) is 1. The molecule has 86 valence electrons. The molecular formula is C10H12ClN3O2. The Kier molecular flexibility index (Phi) is 3.87. The highest BCUT2D eigenvalue weighted by atomic mass is 35.5. The zero-order valence-electron chi connectivity index (χ0n) is 8.64. The Balaban J connectivity index is 0.00000128. The van der Waals surface area contributed by atoms with Crippen LogP contribution in [0.25, 0.3) is 11.4 Å². The SMILES string of the molecule is C[C@H](N)c1ccc(-c2noc(=O)[nH]2)cc1.Cl. The molecule has 0 aliphatic carbocycles. The summed E-state index contributed by atoms with van der Waals surface area (Å²) in [7, 11) is 0. The normalized spacial score (nSPS) is 11.9. The summed E-state index contributed by atoms with van der Waals surface area (Å²) in [4.78, 5) is 13.2. The van der Waals surface area contributed by atoms with E-state index in [2.05, 4.69) is 14.7 Å². The van der Waals surface area contributed by atoms with Gasteiger partial charge in [-0.25, -0.2) is 4.79 Å². The molecule has 2 aromatic rings. The van der Waals surface area contributed by atoms with E-state index in [-0.39, 0.29) is 18.4 Å². The van der Waals surface area contributed by atoms with Crippen LogP contribution in [-0.2, 0) is 0 Å². The molecule has 0 amide bonds. The first-order valence-corrected chi connectivity index (χ1v) is 4.59. The number of H-pyrrole nitrogens is 1. The average molecular weight is 242 g/mol. The van der Waals surface area contributed by atoms with Crippen molar-refractivity contribution in [1.82, 2.24) is 10.1 Å². The minimum atomic E-state index is -0.554. The van der Waals surface area contributed by atoms with Crippen molar-refractivity contribution in [3.8, 4) is 11.4 Å². The number of aromatic amines is 1. The smallest absolute Gasteiger partial charge is 0.324 e. The van der Waals surface area contributed by atoms with E-state index in [1.54, 1.807) is 0 Å². The molecule has 0 unspecified atom stereocenters. The summed E-state index contributed by atoms with van der Waals surface area (Å²) in [6, 6.07) is 7.47. The number of aromatic nitrogens is 2. The number of hydrogen-bond acceptors (Lipinski definition) is 4. The van der Waals surface area contributed by atoms with Gasteiger partial charge in [-0.1, -0.05) is 29.4 Å². The Morgan fingerprint density at radius 1 is 1.38 bits per heavy atom. The fraction of sp³-hybridized carbons (Fsp3) is 0.200. The van der Waals surface area contributed by atoms with Crippen LogP contribution in [0.3, 0.4) is 0 Å². The van der Waals surface area contributed by atoms with Crippen LogP contribution in [0.15, 0.2) is 33.6 Å². The molecule has 0 fully saturated rings. The molecule has 0 saturated heterocycles. The van der Waals surface area contributed by atoms with Gasteiger partial charge in [-0.3, -0.25) is 9.51 Å². The van der Waals surface area contributed by atoms with Gasteiger partial charge in [-0.15, -0.1) is 12.4 Å². The molecule has 16 heavy (non-hydrogen) atoms. The Bertz CT molecular complexity index is 501. The van der Waals surface area contributed by atoms with E-state index in [1.807, 2.05) is 31.2 Å².